The van der Waals surface area contributed by atoms with Crippen LogP contribution in [0.15, 0.2) is 97.2 Å². The Kier molecular flexibility index (Phi) is 53.9. The predicted octanol–water partition coefficient (Wildman–Crippen LogP) is 19.3. The van der Waals surface area contributed by atoms with Gasteiger partial charge in [0.25, 0.3) is 0 Å². The third-order valence-corrected chi connectivity index (χ3v) is 12.0. The fourth-order valence-electron chi connectivity index (χ4n) is 7.68. The average molecular weight is 960 g/mol. The second-order valence-corrected chi connectivity index (χ2v) is 18.8. The molecule has 0 aliphatic carbocycles. The highest BCUT2D eigenvalue weighted by molar-refractivity contribution is 5.71. The van der Waals surface area contributed by atoms with E-state index in [0.29, 0.717) is 19.3 Å². The van der Waals surface area contributed by atoms with Crippen molar-refractivity contribution in [2.75, 3.05) is 13.2 Å². The van der Waals surface area contributed by atoms with E-state index in [0.717, 1.165) is 64.2 Å². The minimum atomic E-state index is -0.829. The summed E-state index contributed by atoms with van der Waals surface area (Å²) in [5.41, 5.74) is 0. The number of carbonyl (C=O) groups is 3. The minimum absolute atomic E-state index is 0.117. The fourth-order valence-corrected chi connectivity index (χ4v) is 7.68. The summed E-state index contributed by atoms with van der Waals surface area (Å²) in [5.74, 6) is -1.03. The Balaban J connectivity index is 4.55. The van der Waals surface area contributed by atoms with E-state index in [9.17, 15) is 14.4 Å². The van der Waals surface area contributed by atoms with Crippen LogP contribution in [-0.4, -0.2) is 37.2 Å². The molecule has 0 saturated heterocycles. The third kappa shape index (κ3) is 55.1. The Morgan fingerprint density at radius 1 is 0.290 bits per heavy atom. The number of ether oxygens (including phenoxy) is 3. The molecule has 0 spiro atoms. The molecule has 0 amide bonds. The summed E-state index contributed by atoms with van der Waals surface area (Å²) in [7, 11) is 0. The van der Waals surface area contributed by atoms with Crippen LogP contribution in [0.25, 0.3) is 0 Å². The quantitative estimate of drug-likeness (QED) is 0.0262. The fraction of sp³-hybridized carbons (Fsp3) is 0.698. The van der Waals surface area contributed by atoms with E-state index in [4.69, 9.17) is 14.2 Å². The van der Waals surface area contributed by atoms with Gasteiger partial charge in [0.2, 0.25) is 0 Å². The smallest absolute Gasteiger partial charge is 0.306 e. The maximum Gasteiger partial charge on any atom is 0.306 e. The predicted molar refractivity (Wildman–Crippen MR) is 297 cm³/mol. The second kappa shape index (κ2) is 56.9. The second-order valence-electron chi connectivity index (χ2n) is 18.8. The molecular formula is C63H106O6. The van der Waals surface area contributed by atoms with Crippen molar-refractivity contribution in [2.45, 2.75) is 271 Å². The molecule has 6 heteroatoms. The first kappa shape index (κ1) is 65.3. The SMILES string of the molecule is CCCCC/C=C\C/C=C\C/C=C\C/C=C\CCCC(=O)OC[C@H](COC(=O)CCCCCCCCC/C=C\CCCCCCCC)OC(=O)CCC/C=C\C/C=C\C/C=C\CCCCCCCC. The number of hydrogen-bond acceptors (Lipinski definition) is 6. The van der Waals surface area contributed by atoms with E-state index < -0.39 is 6.10 Å². The normalized spacial score (nSPS) is 12.8. The molecule has 0 heterocycles. The molecule has 0 saturated carbocycles. The van der Waals surface area contributed by atoms with Crippen LogP contribution in [0.2, 0.25) is 0 Å². The number of hydrogen-bond donors (Lipinski definition) is 0. The van der Waals surface area contributed by atoms with Crippen molar-refractivity contribution in [1.29, 1.82) is 0 Å². The Labute approximate surface area is 426 Å². The topological polar surface area (TPSA) is 78.9 Å². The summed E-state index contributed by atoms with van der Waals surface area (Å²) < 4.78 is 16.8. The largest absolute Gasteiger partial charge is 0.462 e. The van der Waals surface area contributed by atoms with E-state index in [2.05, 4.69) is 118 Å². The first-order chi connectivity index (χ1) is 34.0. The number of carbonyl (C=O) groups excluding carboxylic acids is 3. The van der Waals surface area contributed by atoms with E-state index in [1.807, 2.05) is 0 Å². The maximum atomic E-state index is 12.8. The lowest BCUT2D eigenvalue weighted by molar-refractivity contribution is -0.167. The van der Waals surface area contributed by atoms with E-state index in [-0.39, 0.29) is 44.0 Å². The molecule has 69 heavy (non-hydrogen) atoms. The summed E-state index contributed by atoms with van der Waals surface area (Å²) in [6.07, 6.45) is 75.5. The summed E-state index contributed by atoms with van der Waals surface area (Å²) in [6.45, 7) is 6.51. The molecule has 0 aromatic heterocycles. The Bertz CT molecular complexity index is 1380. The van der Waals surface area contributed by atoms with Gasteiger partial charge in [0, 0.05) is 19.3 Å². The lowest BCUT2D eigenvalue weighted by atomic mass is 10.1. The molecule has 0 rings (SSSR count). The molecule has 0 aromatic rings. The monoisotopic (exact) mass is 959 g/mol. The first-order valence-corrected chi connectivity index (χ1v) is 28.7. The lowest BCUT2D eigenvalue weighted by Crippen LogP contribution is -2.30. The number of unbranched alkanes of at least 4 members (excludes halogenated alkanes) is 24. The van der Waals surface area contributed by atoms with Crippen LogP contribution in [0.1, 0.15) is 265 Å². The summed E-state index contributed by atoms with van der Waals surface area (Å²) in [4.78, 5) is 38.1. The van der Waals surface area contributed by atoms with Crippen LogP contribution in [0.3, 0.4) is 0 Å². The van der Waals surface area contributed by atoms with E-state index in [1.165, 1.54) is 148 Å². The molecule has 0 radical (unpaired) electrons. The Morgan fingerprint density at radius 3 is 0.913 bits per heavy atom. The van der Waals surface area contributed by atoms with Gasteiger partial charge in [0.1, 0.15) is 13.2 Å². The van der Waals surface area contributed by atoms with Crippen LogP contribution < -0.4 is 0 Å². The summed E-state index contributed by atoms with van der Waals surface area (Å²) in [6, 6.07) is 0. The summed E-state index contributed by atoms with van der Waals surface area (Å²) in [5, 5.41) is 0. The van der Waals surface area contributed by atoms with Gasteiger partial charge in [0.15, 0.2) is 6.10 Å². The molecule has 0 bridgehead atoms. The summed E-state index contributed by atoms with van der Waals surface area (Å²) >= 11 is 0. The van der Waals surface area contributed by atoms with Gasteiger partial charge in [-0.3, -0.25) is 14.4 Å². The maximum absolute atomic E-state index is 12.8. The van der Waals surface area contributed by atoms with Crippen molar-refractivity contribution in [3.05, 3.63) is 97.2 Å². The van der Waals surface area contributed by atoms with Gasteiger partial charge in [-0.05, 0) is 116 Å². The third-order valence-electron chi connectivity index (χ3n) is 12.0. The van der Waals surface area contributed by atoms with Gasteiger partial charge in [0.05, 0.1) is 0 Å². The highest BCUT2D eigenvalue weighted by Crippen LogP contribution is 2.13. The molecule has 394 valence electrons. The number of rotatable bonds is 51. The van der Waals surface area contributed by atoms with Gasteiger partial charge >= 0.3 is 17.9 Å². The zero-order valence-electron chi connectivity index (χ0n) is 45.0. The van der Waals surface area contributed by atoms with Gasteiger partial charge in [-0.25, -0.2) is 0 Å². The van der Waals surface area contributed by atoms with Crippen LogP contribution in [0, 0.1) is 0 Å². The molecule has 6 nitrogen and oxygen atoms in total. The molecule has 0 N–H and O–H groups in total. The molecular weight excluding hydrogens is 853 g/mol. The van der Waals surface area contributed by atoms with Crippen LogP contribution in [0.4, 0.5) is 0 Å². The van der Waals surface area contributed by atoms with E-state index in [1.54, 1.807) is 0 Å². The number of esters is 3. The standard InChI is InChI=1S/C63H106O6/c1-4-7-10-13-16-19-22-25-28-31-34-37-40-43-46-49-52-55-61(64)67-58-60(69-63(66)57-54-51-48-45-42-39-36-33-30-27-24-21-18-15-12-9-6-3)59-68-62(65)56-53-50-47-44-41-38-35-32-29-26-23-20-17-14-11-8-5-2/h16,19,25-30,34,36-37,39,43,45-46,48,60H,4-15,17-18,20-24,31-33,35,38,40-42,44,47,49-59H2,1-3H3/b19-16-,28-25-,29-26-,30-27-,37-34-,39-36-,46-43-,48-45-/t60-/m1/s1. The highest BCUT2D eigenvalue weighted by Gasteiger charge is 2.19. The van der Waals surface area contributed by atoms with Crippen molar-refractivity contribution in [3.8, 4) is 0 Å². The molecule has 0 aromatic carbocycles. The van der Waals surface area contributed by atoms with Crippen molar-refractivity contribution >= 4 is 17.9 Å². The van der Waals surface area contributed by atoms with Crippen molar-refractivity contribution in [1.82, 2.24) is 0 Å². The van der Waals surface area contributed by atoms with Crippen molar-refractivity contribution in [3.63, 3.8) is 0 Å². The van der Waals surface area contributed by atoms with Crippen LogP contribution >= 0.6 is 0 Å². The van der Waals surface area contributed by atoms with Crippen LogP contribution in [0.5, 0.6) is 0 Å². The number of allylic oxidation sites excluding steroid dienone is 16. The molecule has 0 fully saturated rings. The Morgan fingerprint density at radius 2 is 0.536 bits per heavy atom. The molecule has 1 atom stereocenters. The molecule has 0 aliphatic rings. The van der Waals surface area contributed by atoms with Gasteiger partial charge in [-0.15, -0.1) is 0 Å². The molecule has 0 aliphatic heterocycles. The zero-order valence-corrected chi connectivity index (χ0v) is 45.0. The minimum Gasteiger partial charge on any atom is -0.462 e. The lowest BCUT2D eigenvalue weighted by Gasteiger charge is -2.18. The van der Waals surface area contributed by atoms with Crippen molar-refractivity contribution in [2.24, 2.45) is 0 Å². The zero-order chi connectivity index (χ0) is 50.0. The van der Waals surface area contributed by atoms with Gasteiger partial charge < -0.3 is 14.2 Å². The Hall–Kier alpha value is -3.67. The average Bonchev–Trinajstić information content (AvgIpc) is 3.35. The van der Waals surface area contributed by atoms with Crippen LogP contribution in [-0.2, 0) is 28.6 Å². The van der Waals surface area contributed by atoms with Gasteiger partial charge in [-0.1, -0.05) is 227 Å². The van der Waals surface area contributed by atoms with Crippen molar-refractivity contribution < 1.29 is 28.6 Å². The highest BCUT2D eigenvalue weighted by atomic mass is 16.6. The van der Waals surface area contributed by atoms with Gasteiger partial charge in [-0.2, -0.15) is 0 Å². The first-order valence-electron chi connectivity index (χ1n) is 28.7. The molecule has 0 unspecified atom stereocenters. The van der Waals surface area contributed by atoms with E-state index >= 15 is 0 Å².